The lowest BCUT2D eigenvalue weighted by molar-refractivity contribution is 0.0526. The monoisotopic (exact) mass is 382 g/mol. The molecule has 2 aliphatic heterocycles. The summed E-state index contributed by atoms with van der Waals surface area (Å²) in [4.78, 5) is 24.0. The molecule has 2 heterocycles. The molecule has 2 aromatic carbocycles. The van der Waals surface area contributed by atoms with Crippen molar-refractivity contribution >= 4 is 17.7 Å². The average molecular weight is 382 g/mol. The van der Waals surface area contributed by atoms with Gasteiger partial charge in [0.25, 0.3) is 0 Å². The number of hydrogen-bond acceptors (Lipinski definition) is 5. The molecule has 0 aliphatic carbocycles. The molecule has 2 aromatic rings. The maximum Gasteiger partial charge on any atom is 0.338 e. The highest BCUT2D eigenvalue weighted by Crippen LogP contribution is 2.40. The van der Waals surface area contributed by atoms with Crippen LogP contribution in [-0.2, 0) is 24.1 Å². The number of nitrogens with one attached hydrogen (secondary N) is 2. The number of esters is 1. The number of fused-ring (bicyclic) bond motifs is 2. The van der Waals surface area contributed by atoms with Gasteiger partial charge in [0.15, 0.2) is 0 Å². The average Bonchev–Trinajstić information content (AvgIpc) is 3.35. The summed E-state index contributed by atoms with van der Waals surface area (Å²) < 4.78 is 16.4. The van der Waals surface area contributed by atoms with Crippen LogP contribution in [-0.4, -0.2) is 31.8 Å². The van der Waals surface area contributed by atoms with Crippen LogP contribution in [0.4, 0.5) is 10.5 Å². The van der Waals surface area contributed by atoms with E-state index in [0.29, 0.717) is 37.6 Å². The van der Waals surface area contributed by atoms with E-state index in [-0.39, 0.29) is 12.0 Å². The third kappa shape index (κ3) is 3.60. The molecule has 0 unspecified atom stereocenters. The molecular formula is C21H22N2O5. The molecule has 146 valence electrons. The lowest BCUT2D eigenvalue weighted by atomic mass is 9.99. The molecule has 0 atom stereocenters. The summed E-state index contributed by atoms with van der Waals surface area (Å²) in [6, 6.07) is 8.30. The summed E-state index contributed by atoms with van der Waals surface area (Å²) in [6.07, 6.45) is 1.68. The molecule has 0 fully saturated rings. The Morgan fingerprint density at radius 3 is 2.68 bits per heavy atom. The first kappa shape index (κ1) is 18.2. The van der Waals surface area contributed by atoms with Crippen molar-refractivity contribution in [3.8, 4) is 11.5 Å². The van der Waals surface area contributed by atoms with E-state index < -0.39 is 0 Å². The van der Waals surface area contributed by atoms with Crippen LogP contribution >= 0.6 is 0 Å². The Bertz CT molecular complexity index is 876. The molecule has 2 aliphatic rings. The summed E-state index contributed by atoms with van der Waals surface area (Å²) in [6.45, 7) is 3.76. The van der Waals surface area contributed by atoms with Crippen LogP contribution in [0.3, 0.4) is 0 Å². The van der Waals surface area contributed by atoms with E-state index in [1.165, 1.54) is 0 Å². The first-order valence-corrected chi connectivity index (χ1v) is 9.41. The second-order valence-corrected chi connectivity index (χ2v) is 6.62. The molecule has 2 N–H and O–H groups in total. The van der Waals surface area contributed by atoms with Gasteiger partial charge in [0.1, 0.15) is 11.5 Å². The SMILES string of the molecule is CCOC(=O)c1ccc(NC(=O)NCc2c3c(cc4c2OCC4)OCC3)cc1. The number of amides is 2. The molecule has 0 radical (unpaired) electrons. The topological polar surface area (TPSA) is 85.9 Å². The van der Waals surface area contributed by atoms with Crippen LogP contribution < -0.4 is 20.1 Å². The van der Waals surface area contributed by atoms with E-state index in [4.69, 9.17) is 14.2 Å². The fraction of sp³-hybridized carbons (Fsp3) is 0.333. The molecule has 4 rings (SSSR count). The predicted molar refractivity (Wildman–Crippen MR) is 103 cm³/mol. The third-order valence-corrected chi connectivity index (χ3v) is 4.84. The summed E-state index contributed by atoms with van der Waals surface area (Å²) in [5.41, 5.74) is 4.27. The molecule has 28 heavy (non-hydrogen) atoms. The number of carbonyl (C=O) groups is 2. The maximum absolute atomic E-state index is 12.3. The standard InChI is InChI=1S/C21H22N2O5/c1-2-26-20(24)13-3-5-15(6-4-13)23-21(25)22-12-17-16-8-10-27-18(16)11-14-7-9-28-19(14)17/h3-6,11H,2,7-10,12H2,1H3,(H2,22,23,25). The smallest absolute Gasteiger partial charge is 0.338 e. The zero-order valence-electron chi connectivity index (χ0n) is 15.7. The second-order valence-electron chi connectivity index (χ2n) is 6.62. The molecule has 0 bridgehead atoms. The molecule has 2 amide bonds. The minimum Gasteiger partial charge on any atom is -0.493 e. The molecular weight excluding hydrogens is 360 g/mol. The Morgan fingerprint density at radius 1 is 1.11 bits per heavy atom. The van der Waals surface area contributed by atoms with Gasteiger partial charge in [-0.05, 0) is 37.3 Å². The number of carbonyl (C=O) groups excluding carboxylic acids is 2. The van der Waals surface area contributed by atoms with Crippen molar-refractivity contribution in [1.82, 2.24) is 5.32 Å². The lowest BCUT2D eigenvalue weighted by Crippen LogP contribution is -2.28. The Labute approximate surface area is 163 Å². The van der Waals surface area contributed by atoms with E-state index in [9.17, 15) is 9.59 Å². The Hall–Kier alpha value is -3.22. The van der Waals surface area contributed by atoms with E-state index in [0.717, 1.165) is 41.0 Å². The van der Waals surface area contributed by atoms with Gasteiger partial charge in [-0.3, -0.25) is 0 Å². The number of urea groups is 1. The Kier molecular flexibility index (Phi) is 5.06. The quantitative estimate of drug-likeness (QED) is 0.777. The first-order valence-electron chi connectivity index (χ1n) is 9.41. The predicted octanol–water partition coefficient (Wildman–Crippen LogP) is 3.05. The normalized spacial score (nSPS) is 13.8. The van der Waals surface area contributed by atoms with Gasteiger partial charge in [-0.2, -0.15) is 0 Å². The van der Waals surface area contributed by atoms with Crippen molar-refractivity contribution in [2.75, 3.05) is 25.1 Å². The molecule has 0 saturated heterocycles. The number of anilines is 1. The van der Waals surface area contributed by atoms with Crippen LogP contribution in [0.25, 0.3) is 0 Å². The van der Waals surface area contributed by atoms with E-state index in [1.54, 1.807) is 31.2 Å². The number of benzene rings is 2. The van der Waals surface area contributed by atoms with Crippen molar-refractivity contribution < 1.29 is 23.8 Å². The highest BCUT2D eigenvalue weighted by atomic mass is 16.5. The molecule has 7 heteroatoms. The lowest BCUT2D eigenvalue weighted by Gasteiger charge is -2.14. The van der Waals surface area contributed by atoms with Crippen molar-refractivity contribution in [3.63, 3.8) is 0 Å². The fourth-order valence-electron chi connectivity index (χ4n) is 3.52. The minimum absolute atomic E-state index is 0.322. The summed E-state index contributed by atoms with van der Waals surface area (Å²) in [7, 11) is 0. The van der Waals surface area contributed by atoms with Crippen LogP contribution in [0.1, 0.15) is 34.0 Å². The van der Waals surface area contributed by atoms with Crippen molar-refractivity contribution in [2.45, 2.75) is 26.3 Å². The van der Waals surface area contributed by atoms with Gasteiger partial charge in [0.05, 0.1) is 25.4 Å². The highest BCUT2D eigenvalue weighted by Gasteiger charge is 2.26. The largest absolute Gasteiger partial charge is 0.493 e. The van der Waals surface area contributed by atoms with Gasteiger partial charge in [-0.1, -0.05) is 0 Å². The van der Waals surface area contributed by atoms with Gasteiger partial charge >= 0.3 is 12.0 Å². The van der Waals surface area contributed by atoms with E-state index in [1.807, 2.05) is 0 Å². The second kappa shape index (κ2) is 7.80. The van der Waals surface area contributed by atoms with Crippen LogP contribution in [0.15, 0.2) is 30.3 Å². The van der Waals surface area contributed by atoms with E-state index in [2.05, 4.69) is 16.7 Å². The maximum atomic E-state index is 12.3. The summed E-state index contributed by atoms with van der Waals surface area (Å²) in [5.74, 6) is 1.40. The zero-order chi connectivity index (χ0) is 19.5. The summed E-state index contributed by atoms with van der Waals surface area (Å²) in [5, 5.41) is 5.66. The van der Waals surface area contributed by atoms with Crippen molar-refractivity contribution in [1.29, 1.82) is 0 Å². The van der Waals surface area contributed by atoms with Crippen LogP contribution in [0, 0.1) is 0 Å². The highest BCUT2D eigenvalue weighted by molar-refractivity contribution is 5.92. The van der Waals surface area contributed by atoms with E-state index >= 15 is 0 Å². The summed E-state index contributed by atoms with van der Waals surface area (Å²) >= 11 is 0. The number of hydrogen-bond donors (Lipinski definition) is 2. The van der Waals surface area contributed by atoms with Gasteiger partial charge < -0.3 is 24.8 Å². The molecule has 0 aromatic heterocycles. The van der Waals surface area contributed by atoms with Gasteiger partial charge in [0, 0.05) is 41.8 Å². The van der Waals surface area contributed by atoms with Crippen LogP contribution in [0.5, 0.6) is 11.5 Å². The zero-order valence-corrected chi connectivity index (χ0v) is 15.7. The Morgan fingerprint density at radius 2 is 1.89 bits per heavy atom. The van der Waals surface area contributed by atoms with Gasteiger partial charge in [-0.15, -0.1) is 0 Å². The molecule has 0 saturated carbocycles. The third-order valence-electron chi connectivity index (χ3n) is 4.84. The van der Waals surface area contributed by atoms with Crippen molar-refractivity contribution in [2.24, 2.45) is 0 Å². The minimum atomic E-state index is -0.382. The van der Waals surface area contributed by atoms with Gasteiger partial charge in [0.2, 0.25) is 0 Å². The molecule has 7 nitrogen and oxygen atoms in total. The van der Waals surface area contributed by atoms with Crippen LogP contribution in [0.2, 0.25) is 0 Å². The van der Waals surface area contributed by atoms with Crippen molar-refractivity contribution in [3.05, 3.63) is 52.6 Å². The molecule has 0 spiro atoms. The first-order chi connectivity index (χ1) is 13.7. The van der Waals surface area contributed by atoms with Gasteiger partial charge in [-0.25, -0.2) is 9.59 Å². The Balaban J connectivity index is 1.40. The number of rotatable bonds is 5. The number of ether oxygens (including phenoxy) is 3. The fourth-order valence-corrected chi connectivity index (χ4v) is 3.52.